The maximum absolute atomic E-state index is 12.3. The summed E-state index contributed by atoms with van der Waals surface area (Å²) in [4.78, 5) is 12.7. The summed E-state index contributed by atoms with van der Waals surface area (Å²) in [6, 6.07) is 3.32. The van der Waals surface area contributed by atoms with E-state index in [1.165, 1.54) is 12.1 Å². The van der Waals surface area contributed by atoms with Gasteiger partial charge in [-0.3, -0.25) is 4.79 Å². The highest BCUT2D eigenvalue weighted by molar-refractivity contribution is 6.18. The normalized spacial score (nSPS) is 10.7. The highest BCUT2D eigenvalue weighted by atomic mass is 35.5. The molecule has 1 amide bonds. The lowest BCUT2D eigenvalue weighted by molar-refractivity contribution is 0.0568. The number of hydrogen-bond acceptors (Lipinski definition) is 3. The van der Waals surface area contributed by atoms with Crippen molar-refractivity contribution >= 4 is 17.5 Å². The zero-order chi connectivity index (χ0) is 13.7. The predicted molar refractivity (Wildman–Crippen MR) is 62.4 cm³/mol. The highest BCUT2D eigenvalue weighted by Crippen LogP contribution is 2.24. The minimum atomic E-state index is -2.68. The number of rotatable bonds is 5. The van der Waals surface area contributed by atoms with Crippen molar-refractivity contribution in [3.05, 3.63) is 23.8 Å². The number of carbonyl (C=O) groups is 1. The third kappa shape index (κ3) is 3.73. The topological polar surface area (TPSA) is 60.8 Å². The second-order valence-electron chi connectivity index (χ2n) is 3.53. The number of alkyl halides is 3. The third-order valence-corrected chi connectivity index (χ3v) is 2.38. The molecule has 0 heterocycles. The fraction of sp³-hybridized carbons (Fsp3) is 0.364. The number of amides is 1. The van der Waals surface area contributed by atoms with Gasteiger partial charge in [0.2, 0.25) is 0 Å². The van der Waals surface area contributed by atoms with Gasteiger partial charge in [-0.15, -0.1) is 11.6 Å². The van der Waals surface area contributed by atoms with Crippen molar-refractivity contribution in [2.24, 2.45) is 0 Å². The number of carbonyl (C=O) groups excluding carboxylic acids is 1. The van der Waals surface area contributed by atoms with Crippen LogP contribution in [-0.4, -0.2) is 46.4 Å². The first-order valence-electron chi connectivity index (χ1n) is 5.11. The van der Waals surface area contributed by atoms with Gasteiger partial charge in [-0.05, 0) is 12.1 Å². The number of phenols is 2. The molecule has 0 aliphatic carbocycles. The van der Waals surface area contributed by atoms with Gasteiger partial charge in [0.1, 0.15) is 11.5 Å². The summed E-state index contributed by atoms with van der Waals surface area (Å²) in [5, 5.41) is 18.6. The van der Waals surface area contributed by atoms with Gasteiger partial charge in [-0.25, -0.2) is 8.78 Å². The Labute approximate surface area is 107 Å². The predicted octanol–water partition coefficient (Wildman–Crippen LogP) is 2.04. The molecule has 1 aromatic carbocycles. The molecule has 4 nitrogen and oxygen atoms in total. The second-order valence-corrected chi connectivity index (χ2v) is 3.91. The maximum Gasteiger partial charge on any atom is 0.257 e. The molecule has 0 aromatic heterocycles. The van der Waals surface area contributed by atoms with E-state index in [1.807, 2.05) is 0 Å². The molecule has 0 fully saturated rings. The van der Waals surface area contributed by atoms with E-state index < -0.39 is 24.6 Å². The zero-order valence-electron chi connectivity index (χ0n) is 9.31. The van der Waals surface area contributed by atoms with E-state index >= 15 is 0 Å². The molecule has 1 rings (SSSR count). The summed E-state index contributed by atoms with van der Waals surface area (Å²) >= 11 is 5.43. The summed E-state index contributed by atoms with van der Waals surface area (Å²) in [6.45, 7) is -0.809. The molecule has 100 valence electrons. The average Bonchev–Trinajstić information content (AvgIpc) is 2.27. The van der Waals surface area contributed by atoms with Crippen LogP contribution in [0.5, 0.6) is 11.5 Å². The molecule has 0 aliphatic heterocycles. The molecule has 0 atom stereocenters. The van der Waals surface area contributed by atoms with Crippen LogP contribution >= 0.6 is 11.6 Å². The molecule has 2 N–H and O–H groups in total. The van der Waals surface area contributed by atoms with Gasteiger partial charge in [-0.1, -0.05) is 0 Å². The second kappa shape index (κ2) is 6.39. The molecule has 0 unspecified atom stereocenters. The number of phenolic OH excluding ortho intramolecular Hbond substituents is 2. The quantitative estimate of drug-likeness (QED) is 0.811. The Morgan fingerprint density at radius 2 is 2.06 bits per heavy atom. The van der Waals surface area contributed by atoms with Gasteiger partial charge in [0, 0.05) is 18.5 Å². The van der Waals surface area contributed by atoms with Crippen LogP contribution in [0.3, 0.4) is 0 Å². The number of halogens is 3. The molecule has 18 heavy (non-hydrogen) atoms. The van der Waals surface area contributed by atoms with E-state index in [0.29, 0.717) is 0 Å². The molecule has 0 bridgehead atoms. The molecule has 1 aromatic rings. The molecule has 0 radical (unpaired) electrons. The van der Waals surface area contributed by atoms with E-state index in [9.17, 15) is 18.7 Å². The first kappa shape index (κ1) is 14.5. The van der Waals surface area contributed by atoms with E-state index in [0.717, 1.165) is 11.0 Å². The zero-order valence-corrected chi connectivity index (χ0v) is 10.1. The van der Waals surface area contributed by atoms with E-state index in [4.69, 9.17) is 16.7 Å². The lowest BCUT2D eigenvalue weighted by Gasteiger charge is -2.21. The van der Waals surface area contributed by atoms with Crippen molar-refractivity contribution < 1.29 is 23.8 Å². The Morgan fingerprint density at radius 1 is 1.39 bits per heavy atom. The van der Waals surface area contributed by atoms with Crippen molar-refractivity contribution in [1.82, 2.24) is 4.90 Å². The van der Waals surface area contributed by atoms with E-state index in [2.05, 4.69) is 0 Å². The number of hydrogen-bond donors (Lipinski definition) is 2. The van der Waals surface area contributed by atoms with Crippen LogP contribution in [0.4, 0.5) is 8.78 Å². The van der Waals surface area contributed by atoms with Gasteiger partial charge in [0.05, 0.1) is 12.1 Å². The van der Waals surface area contributed by atoms with Crippen molar-refractivity contribution in [3.63, 3.8) is 0 Å². The van der Waals surface area contributed by atoms with Crippen LogP contribution < -0.4 is 0 Å². The summed E-state index contributed by atoms with van der Waals surface area (Å²) in [5.41, 5.74) is -0.154. The highest BCUT2D eigenvalue weighted by Gasteiger charge is 2.21. The van der Waals surface area contributed by atoms with Crippen LogP contribution in [0, 0.1) is 0 Å². The summed E-state index contributed by atoms with van der Waals surface area (Å²) in [5.74, 6) is -1.43. The molecular formula is C11H12ClF2NO3. The summed E-state index contributed by atoms with van der Waals surface area (Å²) in [6.07, 6.45) is -2.68. The molecule has 0 aliphatic rings. The van der Waals surface area contributed by atoms with Crippen LogP contribution in [0.1, 0.15) is 10.4 Å². The van der Waals surface area contributed by atoms with Crippen molar-refractivity contribution in [2.75, 3.05) is 19.0 Å². The maximum atomic E-state index is 12.3. The summed E-state index contributed by atoms with van der Waals surface area (Å²) in [7, 11) is 0. The van der Waals surface area contributed by atoms with Crippen molar-refractivity contribution in [2.45, 2.75) is 6.43 Å². The Morgan fingerprint density at radius 3 is 2.56 bits per heavy atom. The molecule has 7 heteroatoms. The van der Waals surface area contributed by atoms with Crippen molar-refractivity contribution in [1.29, 1.82) is 0 Å². The lowest BCUT2D eigenvalue weighted by Crippen LogP contribution is -2.36. The van der Waals surface area contributed by atoms with Crippen LogP contribution in [0.15, 0.2) is 18.2 Å². The molecule has 0 spiro atoms. The Balaban J connectivity index is 2.94. The van der Waals surface area contributed by atoms with Crippen LogP contribution in [-0.2, 0) is 0 Å². The fourth-order valence-corrected chi connectivity index (χ4v) is 1.62. The number of benzene rings is 1. The Hall–Kier alpha value is -1.56. The SMILES string of the molecule is O=C(c1ccc(O)cc1O)N(CCCl)CC(F)F. The third-order valence-electron chi connectivity index (χ3n) is 2.21. The first-order valence-corrected chi connectivity index (χ1v) is 5.64. The first-order chi connectivity index (χ1) is 8.45. The van der Waals surface area contributed by atoms with Gasteiger partial charge in [0.15, 0.2) is 0 Å². The summed E-state index contributed by atoms with van der Waals surface area (Å²) < 4.78 is 24.6. The Kier molecular flexibility index (Phi) is 5.15. The Bertz CT molecular complexity index is 429. The largest absolute Gasteiger partial charge is 0.508 e. The minimum absolute atomic E-state index is 0.0112. The van der Waals surface area contributed by atoms with Crippen LogP contribution in [0.2, 0.25) is 0 Å². The van der Waals surface area contributed by atoms with Gasteiger partial charge >= 0.3 is 0 Å². The fourth-order valence-electron chi connectivity index (χ4n) is 1.42. The molecule has 0 saturated carbocycles. The van der Waals surface area contributed by atoms with E-state index in [-0.39, 0.29) is 23.7 Å². The lowest BCUT2D eigenvalue weighted by atomic mass is 10.1. The van der Waals surface area contributed by atoms with E-state index in [1.54, 1.807) is 0 Å². The van der Waals surface area contributed by atoms with Crippen LogP contribution in [0.25, 0.3) is 0 Å². The minimum Gasteiger partial charge on any atom is -0.508 e. The van der Waals surface area contributed by atoms with Gasteiger partial charge in [0.25, 0.3) is 12.3 Å². The standard InChI is InChI=1S/C11H12ClF2NO3/c12-3-4-15(6-10(13)14)11(18)8-2-1-7(16)5-9(8)17/h1-2,5,10,16-17H,3-4,6H2. The van der Waals surface area contributed by atoms with Gasteiger partial charge in [-0.2, -0.15) is 0 Å². The van der Waals surface area contributed by atoms with Gasteiger partial charge < -0.3 is 15.1 Å². The number of aromatic hydroxyl groups is 2. The number of nitrogens with zero attached hydrogens (tertiary/aromatic N) is 1. The van der Waals surface area contributed by atoms with Crippen molar-refractivity contribution in [3.8, 4) is 11.5 Å². The molecular weight excluding hydrogens is 268 g/mol. The molecule has 0 saturated heterocycles. The smallest absolute Gasteiger partial charge is 0.257 e. The average molecular weight is 280 g/mol. The monoisotopic (exact) mass is 279 g/mol.